The van der Waals surface area contributed by atoms with Crippen molar-refractivity contribution in [3.63, 3.8) is 0 Å². The van der Waals surface area contributed by atoms with Gasteiger partial charge in [0.15, 0.2) is 5.78 Å². The summed E-state index contributed by atoms with van der Waals surface area (Å²) in [6.07, 6.45) is 0.769. The normalized spacial score (nSPS) is 17.9. The van der Waals surface area contributed by atoms with Crippen LogP contribution in [0.25, 0.3) is 0 Å². The van der Waals surface area contributed by atoms with E-state index in [2.05, 4.69) is 9.80 Å². The van der Waals surface area contributed by atoms with Crippen LogP contribution in [0, 0.1) is 0 Å². The molecule has 3 N–H and O–H groups in total. The zero-order chi connectivity index (χ0) is 16.8. The molecule has 23 heavy (non-hydrogen) atoms. The van der Waals surface area contributed by atoms with E-state index in [-0.39, 0.29) is 18.4 Å². The van der Waals surface area contributed by atoms with Gasteiger partial charge in [0.1, 0.15) is 5.75 Å². The third-order valence-electron chi connectivity index (χ3n) is 4.47. The number of anilines is 1. The average molecular weight is 321 g/mol. The summed E-state index contributed by atoms with van der Waals surface area (Å²) >= 11 is 0. The van der Waals surface area contributed by atoms with Crippen molar-refractivity contribution in [1.29, 1.82) is 0 Å². The minimum Gasteiger partial charge on any atom is -0.495 e. The van der Waals surface area contributed by atoms with Crippen LogP contribution in [0.2, 0.25) is 0 Å². The lowest BCUT2D eigenvalue weighted by Gasteiger charge is -2.38. The summed E-state index contributed by atoms with van der Waals surface area (Å²) in [6, 6.07) is 5.10. The van der Waals surface area contributed by atoms with Gasteiger partial charge in [-0.15, -0.1) is 0 Å². The number of nitrogens with two attached hydrogens (primary N) is 1. The highest BCUT2D eigenvalue weighted by Gasteiger charge is 2.28. The van der Waals surface area contributed by atoms with Crippen molar-refractivity contribution in [1.82, 2.24) is 9.80 Å². The van der Waals surface area contributed by atoms with E-state index < -0.39 is 0 Å². The number of nitrogen functional groups attached to an aromatic ring is 1. The Balaban J connectivity index is 2.06. The number of nitrogens with zero attached hydrogens (tertiary/aromatic N) is 2. The van der Waals surface area contributed by atoms with Gasteiger partial charge in [0.25, 0.3) is 0 Å². The minimum atomic E-state index is -0.126. The van der Waals surface area contributed by atoms with Crippen LogP contribution in [0.3, 0.4) is 0 Å². The number of ether oxygens (including phenoxy) is 1. The Hall–Kier alpha value is -1.63. The van der Waals surface area contributed by atoms with Crippen LogP contribution in [0.4, 0.5) is 5.69 Å². The van der Waals surface area contributed by atoms with Crippen molar-refractivity contribution in [2.24, 2.45) is 0 Å². The number of ketones is 1. The number of methoxy groups -OCH3 is 1. The molecule has 1 saturated heterocycles. The fraction of sp³-hybridized carbons (Fsp3) is 0.588. The predicted octanol–water partition coefficient (Wildman–Crippen LogP) is 0.849. The van der Waals surface area contributed by atoms with Crippen molar-refractivity contribution in [2.45, 2.75) is 19.4 Å². The molecule has 0 radical (unpaired) electrons. The molecule has 1 atom stereocenters. The number of benzene rings is 1. The fourth-order valence-corrected chi connectivity index (χ4v) is 3.13. The molecule has 0 bridgehead atoms. The first kappa shape index (κ1) is 17.7. The predicted molar refractivity (Wildman–Crippen MR) is 90.9 cm³/mol. The third kappa shape index (κ3) is 4.22. The molecule has 1 fully saturated rings. The maximum absolute atomic E-state index is 12.8. The van der Waals surface area contributed by atoms with E-state index in [0.29, 0.717) is 23.5 Å². The Labute approximate surface area is 137 Å². The van der Waals surface area contributed by atoms with Crippen molar-refractivity contribution >= 4 is 11.5 Å². The molecule has 0 saturated carbocycles. The first-order valence-corrected chi connectivity index (χ1v) is 8.15. The van der Waals surface area contributed by atoms with Crippen molar-refractivity contribution in [3.05, 3.63) is 23.8 Å². The van der Waals surface area contributed by atoms with E-state index in [1.807, 2.05) is 6.92 Å². The standard InChI is InChI=1S/C17H27N3O3/c1-3-15(20-8-6-19(7-9-20)10-11-21)17(22)13-4-5-16(23-2)14(18)12-13/h4-5,12,15,21H,3,6-11,18H2,1-2H3. The summed E-state index contributed by atoms with van der Waals surface area (Å²) in [5.41, 5.74) is 7.04. The van der Waals surface area contributed by atoms with E-state index in [9.17, 15) is 4.79 Å². The second kappa shape index (κ2) is 8.29. The number of aliphatic hydroxyl groups is 1. The summed E-state index contributed by atoms with van der Waals surface area (Å²) in [5, 5.41) is 9.01. The highest BCUT2D eigenvalue weighted by atomic mass is 16.5. The largest absolute Gasteiger partial charge is 0.495 e. The Morgan fingerprint density at radius 1 is 1.35 bits per heavy atom. The van der Waals surface area contributed by atoms with Gasteiger partial charge in [-0.05, 0) is 24.6 Å². The highest BCUT2D eigenvalue weighted by Crippen LogP contribution is 2.24. The quantitative estimate of drug-likeness (QED) is 0.572. The molecule has 1 aliphatic heterocycles. The minimum absolute atomic E-state index is 0.109. The van der Waals surface area contributed by atoms with Gasteiger partial charge in [-0.2, -0.15) is 0 Å². The number of hydrogen-bond donors (Lipinski definition) is 2. The number of carbonyl (C=O) groups excluding carboxylic acids is 1. The summed E-state index contributed by atoms with van der Waals surface area (Å²) in [7, 11) is 1.56. The Morgan fingerprint density at radius 2 is 2.04 bits per heavy atom. The van der Waals surface area contributed by atoms with Crippen LogP contribution in [0.15, 0.2) is 18.2 Å². The molecule has 6 heteroatoms. The monoisotopic (exact) mass is 321 g/mol. The molecule has 1 unspecified atom stereocenters. The van der Waals surface area contributed by atoms with Gasteiger partial charge in [0.05, 0.1) is 25.4 Å². The molecule has 6 nitrogen and oxygen atoms in total. The van der Waals surface area contributed by atoms with Crippen molar-refractivity contribution < 1.29 is 14.6 Å². The second-order valence-corrected chi connectivity index (χ2v) is 5.85. The van der Waals surface area contributed by atoms with E-state index in [1.165, 1.54) is 0 Å². The van der Waals surface area contributed by atoms with Crippen LogP contribution in [-0.2, 0) is 0 Å². The summed E-state index contributed by atoms with van der Waals surface area (Å²) in [6.45, 7) is 6.38. The maximum Gasteiger partial charge on any atom is 0.180 e. The molecular weight excluding hydrogens is 294 g/mol. The number of rotatable bonds is 7. The molecule has 128 valence electrons. The average Bonchev–Trinajstić information content (AvgIpc) is 2.57. The third-order valence-corrected chi connectivity index (χ3v) is 4.47. The summed E-state index contributed by atoms with van der Waals surface area (Å²) < 4.78 is 5.14. The van der Waals surface area contributed by atoms with Gasteiger partial charge >= 0.3 is 0 Å². The van der Waals surface area contributed by atoms with E-state index in [4.69, 9.17) is 15.6 Å². The lowest BCUT2D eigenvalue weighted by Crippen LogP contribution is -2.52. The van der Waals surface area contributed by atoms with Crippen molar-refractivity contribution in [2.75, 3.05) is 52.2 Å². The first-order chi connectivity index (χ1) is 11.1. The molecular formula is C17H27N3O3. The smallest absolute Gasteiger partial charge is 0.180 e. The van der Waals surface area contributed by atoms with Gasteiger partial charge in [-0.25, -0.2) is 0 Å². The number of hydrogen-bond acceptors (Lipinski definition) is 6. The molecule has 1 aromatic rings. The fourth-order valence-electron chi connectivity index (χ4n) is 3.13. The Bertz CT molecular complexity index is 528. The highest BCUT2D eigenvalue weighted by molar-refractivity contribution is 6.01. The zero-order valence-corrected chi connectivity index (χ0v) is 14.0. The molecule has 2 rings (SSSR count). The first-order valence-electron chi connectivity index (χ1n) is 8.15. The zero-order valence-electron chi connectivity index (χ0n) is 14.0. The Kier molecular flexibility index (Phi) is 6.38. The van der Waals surface area contributed by atoms with Gasteiger partial charge in [-0.1, -0.05) is 6.92 Å². The molecule has 1 aliphatic rings. The molecule has 0 amide bonds. The van der Waals surface area contributed by atoms with Crippen LogP contribution >= 0.6 is 0 Å². The van der Waals surface area contributed by atoms with Gasteiger partial charge in [0.2, 0.25) is 0 Å². The van der Waals surface area contributed by atoms with Crippen LogP contribution in [0.5, 0.6) is 5.75 Å². The molecule has 0 aromatic heterocycles. The SMILES string of the molecule is CCC(C(=O)c1ccc(OC)c(N)c1)N1CCN(CCO)CC1. The summed E-state index contributed by atoms with van der Waals surface area (Å²) in [4.78, 5) is 17.3. The lowest BCUT2D eigenvalue weighted by atomic mass is 9.99. The number of piperazine rings is 1. The van der Waals surface area contributed by atoms with E-state index in [0.717, 1.165) is 32.6 Å². The number of carbonyl (C=O) groups is 1. The molecule has 1 aromatic carbocycles. The van der Waals surface area contributed by atoms with Gasteiger partial charge < -0.3 is 15.6 Å². The van der Waals surface area contributed by atoms with E-state index in [1.54, 1.807) is 25.3 Å². The van der Waals surface area contributed by atoms with Gasteiger partial charge in [-0.3, -0.25) is 14.6 Å². The molecule has 1 heterocycles. The number of aliphatic hydroxyl groups excluding tert-OH is 1. The van der Waals surface area contributed by atoms with Crippen LogP contribution in [0.1, 0.15) is 23.7 Å². The molecule has 0 spiro atoms. The Morgan fingerprint density at radius 3 is 2.57 bits per heavy atom. The van der Waals surface area contributed by atoms with Crippen LogP contribution in [-0.4, -0.2) is 73.2 Å². The lowest BCUT2D eigenvalue weighted by molar-refractivity contribution is 0.0620. The van der Waals surface area contributed by atoms with Gasteiger partial charge in [0, 0.05) is 38.3 Å². The number of Topliss-reactive ketones (excluding diaryl/α,β-unsaturated/α-hetero) is 1. The van der Waals surface area contributed by atoms with E-state index >= 15 is 0 Å². The summed E-state index contributed by atoms with van der Waals surface area (Å²) in [5.74, 6) is 0.699. The topological polar surface area (TPSA) is 79.0 Å². The second-order valence-electron chi connectivity index (χ2n) is 5.85. The maximum atomic E-state index is 12.8. The van der Waals surface area contributed by atoms with Crippen LogP contribution < -0.4 is 10.5 Å². The number of β-amino-alcohol motifs (C(OH)–C–C–N with tert-alkyl or cyclic N) is 1. The van der Waals surface area contributed by atoms with Crippen molar-refractivity contribution in [3.8, 4) is 5.75 Å². The molecule has 0 aliphatic carbocycles.